The van der Waals surface area contributed by atoms with Crippen LogP contribution in [0.15, 0.2) is 39.8 Å². The number of hydrogen-bond donors (Lipinski definition) is 0. The molecule has 0 N–H and O–H groups in total. The van der Waals surface area contributed by atoms with Crippen molar-refractivity contribution in [2.24, 2.45) is 0 Å². The molecule has 0 saturated heterocycles. The highest BCUT2D eigenvalue weighted by molar-refractivity contribution is 7.90. The van der Waals surface area contributed by atoms with Crippen LogP contribution in [0.4, 0.5) is 0 Å². The molecule has 0 fully saturated rings. The lowest BCUT2D eigenvalue weighted by molar-refractivity contribution is 0.219. The Kier molecular flexibility index (Phi) is 5.98. The van der Waals surface area contributed by atoms with Crippen LogP contribution in [0, 0.1) is 0 Å². The summed E-state index contributed by atoms with van der Waals surface area (Å²) < 4.78 is 51.3. The van der Waals surface area contributed by atoms with E-state index >= 15 is 0 Å². The van der Waals surface area contributed by atoms with Crippen molar-refractivity contribution < 1.29 is 26.4 Å². The molecule has 7 nitrogen and oxygen atoms in total. The minimum absolute atomic E-state index is 0.0135. The molecule has 1 aromatic carbocycles. The summed E-state index contributed by atoms with van der Waals surface area (Å²) in [6.45, 7) is 4.02. The van der Waals surface area contributed by atoms with Gasteiger partial charge in [-0.15, -0.1) is 0 Å². The Morgan fingerprint density at radius 3 is 2.21 bits per heavy atom. The van der Waals surface area contributed by atoms with Crippen LogP contribution in [0.5, 0.6) is 0 Å². The molecule has 1 aromatic heterocycles. The van der Waals surface area contributed by atoms with Crippen molar-refractivity contribution in [2.75, 3.05) is 19.5 Å². The van der Waals surface area contributed by atoms with Crippen molar-refractivity contribution in [2.45, 2.75) is 24.9 Å². The first-order valence-electron chi connectivity index (χ1n) is 7.40. The summed E-state index contributed by atoms with van der Waals surface area (Å²) in [6, 6.07) is 6.19. The summed E-state index contributed by atoms with van der Waals surface area (Å²) in [6.07, 6.45) is 2.55. The minimum Gasteiger partial charge on any atom is -0.444 e. The van der Waals surface area contributed by atoms with Gasteiger partial charge in [0.25, 0.3) is 0 Å². The molecular weight excluding hydrogens is 353 g/mol. The standard InChI is InChI=1S/C15H20NO6PS/c1-4-21-23(17,22-5-2)11-13-10-20-15(16-13)12-6-8-14(9-7-12)24(3,18)19/h6-10H,4-5,11H2,1-3H3. The summed E-state index contributed by atoms with van der Waals surface area (Å²) in [7, 11) is -6.51. The van der Waals surface area contributed by atoms with Gasteiger partial charge in [-0.25, -0.2) is 13.4 Å². The predicted octanol–water partition coefficient (Wildman–Crippen LogP) is 3.51. The first kappa shape index (κ1) is 18.9. The third kappa shape index (κ3) is 4.77. The lowest BCUT2D eigenvalue weighted by Crippen LogP contribution is -1.99. The van der Waals surface area contributed by atoms with E-state index in [2.05, 4.69) is 4.98 Å². The van der Waals surface area contributed by atoms with Gasteiger partial charge < -0.3 is 13.5 Å². The van der Waals surface area contributed by atoms with E-state index in [-0.39, 0.29) is 24.3 Å². The molecule has 0 amide bonds. The van der Waals surface area contributed by atoms with Gasteiger partial charge in [0, 0.05) is 11.8 Å². The maximum atomic E-state index is 12.5. The van der Waals surface area contributed by atoms with E-state index in [1.54, 1.807) is 26.0 Å². The number of sulfone groups is 1. The van der Waals surface area contributed by atoms with Crippen LogP contribution in [-0.2, 0) is 29.6 Å². The summed E-state index contributed by atoms with van der Waals surface area (Å²) in [4.78, 5) is 4.49. The van der Waals surface area contributed by atoms with Gasteiger partial charge in [-0.05, 0) is 38.1 Å². The number of oxazole rings is 1. The summed E-state index contributed by atoms with van der Waals surface area (Å²) in [5.74, 6) is 0.310. The second kappa shape index (κ2) is 7.61. The first-order chi connectivity index (χ1) is 11.3. The number of benzene rings is 1. The molecule has 0 aliphatic carbocycles. The molecule has 2 aromatic rings. The monoisotopic (exact) mass is 373 g/mol. The van der Waals surface area contributed by atoms with E-state index in [9.17, 15) is 13.0 Å². The second-order valence-electron chi connectivity index (χ2n) is 5.05. The highest BCUT2D eigenvalue weighted by atomic mass is 32.2. The summed E-state index contributed by atoms with van der Waals surface area (Å²) in [5.41, 5.74) is 1.07. The zero-order chi connectivity index (χ0) is 17.8. The molecular formula is C15H20NO6PS. The Labute approximate surface area is 141 Å². The number of aromatic nitrogens is 1. The summed E-state index contributed by atoms with van der Waals surface area (Å²) >= 11 is 0. The van der Waals surface area contributed by atoms with E-state index in [1.807, 2.05) is 0 Å². The molecule has 0 unspecified atom stereocenters. The Hall–Kier alpha value is -1.47. The average molecular weight is 373 g/mol. The molecule has 0 spiro atoms. The Balaban J connectivity index is 2.20. The third-order valence-corrected chi connectivity index (χ3v) is 6.23. The van der Waals surface area contributed by atoms with Gasteiger partial charge in [-0.2, -0.15) is 0 Å². The van der Waals surface area contributed by atoms with E-state index in [1.165, 1.54) is 18.4 Å². The topological polar surface area (TPSA) is 95.7 Å². The quantitative estimate of drug-likeness (QED) is 0.653. The van der Waals surface area contributed by atoms with E-state index < -0.39 is 17.4 Å². The predicted molar refractivity (Wildman–Crippen MR) is 89.6 cm³/mol. The highest BCUT2D eigenvalue weighted by Crippen LogP contribution is 2.51. The molecule has 0 aliphatic rings. The zero-order valence-electron chi connectivity index (χ0n) is 13.8. The molecule has 0 radical (unpaired) electrons. The fourth-order valence-corrected chi connectivity index (χ4v) is 4.29. The van der Waals surface area contributed by atoms with Crippen molar-refractivity contribution in [3.63, 3.8) is 0 Å². The van der Waals surface area contributed by atoms with E-state index in [0.717, 1.165) is 6.26 Å². The maximum absolute atomic E-state index is 12.5. The SMILES string of the molecule is CCOP(=O)(Cc1coc(-c2ccc(S(C)(=O)=O)cc2)n1)OCC. The Morgan fingerprint density at radius 2 is 1.71 bits per heavy atom. The van der Waals surface area contributed by atoms with Gasteiger partial charge in [-0.1, -0.05) is 0 Å². The van der Waals surface area contributed by atoms with Gasteiger partial charge >= 0.3 is 7.60 Å². The Bertz CT molecular complexity index is 818. The Morgan fingerprint density at radius 1 is 1.12 bits per heavy atom. The molecule has 9 heteroatoms. The molecule has 0 atom stereocenters. The van der Waals surface area contributed by atoms with Crippen LogP contribution in [0.1, 0.15) is 19.5 Å². The van der Waals surface area contributed by atoms with Crippen molar-refractivity contribution in [1.29, 1.82) is 0 Å². The molecule has 132 valence electrons. The molecule has 0 saturated carbocycles. The summed E-state index contributed by atoms with van der Waals surface area (Å²) in [5, 5.41) is 0. The van der Waals surface area contributed by atoms with Crippen molar-refractivity contribution in [3.8, 4) is 11.5 Å². The van der Waals surface area contributed by atoms with Crippen LogP contribution in [0.2, 0.25) is 0 Å². The van der Waals surface area contributed by atoms with Gasteiger partial charge in [0.1, 0.15) is 6.26 Å². The second-order valence-corrected chi connectivity index (χ2v) is 9.12. The maximum Gasteiger partial charge on any atom is 0.336 e. The van der Waals surface area contributed by atoms with Gasteiger partial charge in [-0.3, -0.25) is 4.57 Å². The average Bonchev–Trinajstić information content (AvgIpc) is 2.95. The van der Waals surface area contributed by atoms with Crippen LogP contribution in [0.25, 0.3) is 11.5 Å². The molecule has 0 bridgehead atoms. The van der Waals surface area contributed by atoms with Crippen LogP contribution < -0.4 is 0 Å². The molecule has 1 heterocycles. The van der Waals surface area contributed by atoms with Gasteiger partial charge in [0.05, 0.1) is 30.0 Å². The van der Waals surface area contributed by atoms with Crippen molar-refractivity contribution in [3.05, 3.63) is 36.2 Å². The van der Waals surface area contributed by atoms with Crippen LogP contribution >= 0.6 is 7.60 Å². The van der Waals surface area contributed by atoms with Gasteiger partial charge in [0.2, 0.25) is 5.89 Å². The fraction of sp³-hybridized carbons (Fsp3) is 0.400. The third-order valence-electron chi connectivity index (χ3n) is 3.09. The normalized spacial score (nSPS) is 12.5. The molecule has 2 rings (SSSR count). The van der Waals surface area contributed by atoms with Crippen LogP contribution in [0.3, 0.4) is 0 Å². The minimum atomic E-state index is -3.25. The fourth-order valence-electron chi connectivity index (χ4n) is 2.08. The first-order valence-corrected chi connectivity index (χ1v) is 11.0. The van der Waals surface area contributed by atoms with Crippen molar-refractivity contribution in [1.82, 2.24) is 4.98 Å². The molecule has 24 heavy (non-hydrogen) atoms. The largest absolute Gasteiger partial charge is 0.444 e. The van der Waals surface area contributed by atoms with Crippen LogP contribution in [-0.4, -0.2) is 32.9 Å². The number of nitrogens with zero attached hydrogens (tertiary/aromatic N) is 1. The lowest BCUT2D eigenvalue weighted by Gasteiger charge is -2.15. The van der Waals surface area contributed by atoms with Gasteiger partial charge in [0.15, 0.2) is 9.84 Å². The number of rotatable bonds is 8. The number of hydrogen-bond acceptors (Lipinski definition) is 7. The smallest absolute Gasteiger partial charge is 0.336 e. The van der Waals surface area contributed by atoms with Crippen molar-refractivity contribution >= 4 is 17.4 Å². The van der Waals surface area contributed by atoms with E-state index in [0.29, 0.717) is 17.1 Å². The van der Waals surface area contributed by atoms with E-state index in [4.69, 9.17) is 13.5 Å². The highest BCUT2D eigenvalue weighted by Gasteiger charge is 2.26. The lowest BCUT2D eigenvalue weighted by atomic mass is 10.2. The molecule has 0 aliphatic heterocycles. The zero-order valence-corrected chi connectivity index (χ0v) is 15.5.